The zero-order chi connectivity index (χ0) is 24.8. The van der Waals surface area contributed by atoms with Crippen LogP contribution in [0.3, 0.4) is 0 Å². The maximum Gasteiger partial charge on any atom is 0.253 e. The molecular formula is C27H33N3O4S. The number of carbonyl (C=O) groups excluding carboxylic acids is 2. The highest BCUT2D eigenvalue weighted by atomic mass is 32.2. The summed E-state index contributed by atoms with van der Waals surface area (Å²) in [6.07, 6.45) is 3.57. The first-order valence-corrected chi connectivity index (χ1v) is 13.8. The maximum atomic E-state index is 13.1. The van der Waals surface area contributed by atoms with Gasteiger partial charge < -0.3 is 9.80 Å². The van der Waals surface area contributed by atoms with Crippen LogP contribution >= 0.6 is 0 Å². The molecule has 0 radical (unpaired) electrons. The minimum atomic E-state index is -3.52. The van der Waals surface area contributed by atoms with Gasteiger partial charge in [-0.05, 0) is 48.6 Å². The Kier molecular flexibility index (Phi) is 8.03. The second-order valence-electron chi connectivity index (χ2n) is 9.10. The monoisotopic (exact) mass is 495 g/mol. The van der Waals surface area contributed by atoms with Gasteiger partial charge in [0.1, 0.15) is 0 Å². The van der Waals surface area contributed by atoms with Crippen LogP contribution in [0, 0.1) is 5.92 Å². The number of rotatable bonds is 6. The molecule has 2 fully saturated rings. The van der Waals surface area contributed by atoms with Crippen LogP contribution in [0.4, 0.5) is 0 Å². The molecule has 2 aromatic rings. The molecule has 0 saturated carbocycles. The smallest absolute Gasteiger partial charge is 0.253 e. The van der Waals surface area contributed by atoms with Gasteiger partial charge in [0, 0.05) is 56.2 Å². The summed E-state index contributed by atoms with van der Waals surface area (Å²) in [5.41, 5.74) is 2.71. The third-order valence-electron chi connectivity index (χ3n) is 6.88. The molecule has 2 aliphatic heterocycles. The molecule has 35 heavy (non-hydrogen) atoms. The maximum absolute atomic E-state index is 13.1. The first kappa shape index (κ1) is 25.1. The fourth-order valence-electron chi connectivity index (χ4n) is 4.63. The molecule has 7 nitrogen and oxygen atoms in total. The number of amides is 2. The van der Waals surface area contributed by atoms with Gasteiger partial charge in [-0.3, -0.25) is 9.59 Å². The molecule has 0 aromatic heterocycles. The van der Waals surface area contributed by atoms with E-state index in [1.807, 2.05) is 59.5 Å². The molecule has 0 unspecified atom stereocenters. The van der Waals surface area contributed by atoms with Crippen LogP contribution in [0.15, 0.2) is 60.0 Å². The second kappa shape index (κ2) is 11.2. The van der Waals surface area contributed by atoms with Crippen molar-refractivity contribution in [2.75, 3.05) is 39.3 Å². The molecule has 2 heterocycles. The van der Waals surface area contributed by atoms with Crippen LogP contribution in [-0.2, 0) is 21.2 Å². The molecule has 0 N–H and O–H groups in total. The highest BCUT2D eigenvalue weighted by Crippen LogP contribution is 2.23. The Bertz CT molecular complexity index is 1150. The van der Waals surface area contributed by atoms with Gasteiger partial charge >= 0.3 is 0 Å². The summed E-state index contributed by atoms with van der Waals surface area (Å²) in [7, 11) is -3.52. The summed E-state index contributed by atoms with van der Waals surface area (Å²) in [5.74, 6) is -0.105. The van der Waals surface area contributed by atoms with Gasteiger partial charge in [0.25, 0.3) is 5.91 Å². The second-order valence-corrected chi connectivity index (χ2v) is 10.9. The van der Waals surface area contributed by atoms with Gasteiger partial charge in [-0.25, -0.2) is 8.42 Å². The number of piperidine rings is 1. The molecule has 4 rings (SSSR count). The topological polar surface area (TPSA) is 78.0 Å². The van der Waals surface area contributed by atoms with Crippen LogP contribution in [-0.4, -0.2) is 73.6 Å². The number of sulfonamides is 1. The highest BCUT2D eigenvalue weighted by Gasteiger charge is 2.34. The Hall–Kier alpha value is -2.97. The van der Waals surface area contributed by atoms with E-state index in [4.69, 9.17) is 0 Å². The van der Waals surface area contributed by atoms with Crippen molar-refractivity contribution in [1.29, 1.82) is 0 Å². The summed E-state index contributed by atoms with van der Waals surface area (Å²) in [5, 5.41) is 1.25. The van der Waals surface area contributed by atoms with Crippen molar-refractivity contribution in [1.82, 2.24) is 14.1 Å². The molecule has 2 aromatic carbocycles. The molecular weight excluding hydrogens is 462 g/mol. The number of piperazine rings is 1. The van der Waals surface area contributed by atoms with E-state index >= 15 is 0 Å². The number of hydrogen-bond acceptors (Lipinski definition) is 4. The molecule has 0 spiro atoms. The Labute approximate surface area is 208 Å². The predicted octanol–water partition coefficient (Wildman–Crippen LogP) is 3.25. The Morgan fingerprint density at radius 1 is 0.857 bits per heavy atom. The Morgan fingerprint density at radius 3 is 2.06 bits per heavy atom. The van der Waals surface area contributed by atoms with Crippen LogP contribution in [0.2, 0.25) is 0 Å². The first-order valence-electron chi connectivity index (χ1n) is 12.3. The van der Waals surface area contributed by atoms with E-state index in [1.54, 1.807) is 11.0 Å². The lowest BCUT2D eigenvalue weighted by atomic mass is 9.96. The molecule has 0 atom stereocenters. The van der Waals surface area contributed by atoms with Crippen LogP contribution in [0.1, 0.15) is 41.3 Å². The number of carbonyl (C=O) groups is 2. The average molecular weight is 496 g/mol. The molecule has 0 bridgehead atoms. The SMILES string of the molecule is CCc1ccc(C(=O)N2CCN(C(=O)C3CCN(S(=O)(=O)/C=C/c4ccccc4)CC3)CC2)cc1. The van der Waals surface area contributed by atoms with E-state index in [1.165, 1.54) is 15.3 Å². The predicted molar refractivity (Wildman–Crippen MR) is 137 cm³/mol. The van der Waals surface area contributed by atoms with Crippen LogP contribution in [0.5, 0.6) is 0 Å². The number of benzene rings is 2. The average Bonchev–Trinajstić information content (AvgIpc) is 2.92. The lowest BCUT2D eigenvalue weighted by Gasteiger charge is -2.38. The van der Waals surface area contributed by atoms with E-state index in [9.17, 15) is 18.0 Å². The van der Waals surface area contributed by atoms with Gasteiger partial charge in [-0.15, -0.1) is 0 Å². The van der Waals surface area contributed by atoms with Gasteiger partial charge in [0.05, 0.1) is 0 Å². The van der Waals surface area contributed by atoms with Crippen molar-refractivity contribution in [2.24, 2.45) is 5.92 Å². The highest BCUT2D eigenvalue weighted by molar-refractivity contribution is 7.92. The van der Waals surface area contributed by atoms with Crippen LogP contribution in [0.25, 0.3) is 6.08 Å². The molecule has 186 valence electrons. The van der Waals surface area contributed by atoms with E-state index in [0.717, 1.165) is 12.0 Å². The fourth-order valence-corrected chi connectivity index (χ4v) is 5.85. The third-order valence-corrected chi connectivity index (χ3v) is 8.45. The summed E-state index contributed by atoms with van der Waals surface area (Å²) in [6, 6.07) is 17.0. The number of hydrogen-bond donors (Lipinski definition) is 0. The van der Waals surface area contributed by atoms with Crippen molar-refractivity contribution < 1.29 is 18.0 Å². The third kappa shape index (κ3) is 6.18. The summed E-state index contributed by atoms with van der Waals surface area (Å²) >= 11 is 0. The Balaban J connectivity index is 1.26. The normalized spacial score (nSPS) is 18.2. The fraction of sp³-hybridized carbons (Fsp3) is 0.407. The minimum absolute atomic E-state index is 0.00169. The lowest BCUT2D eigenvalue weighted by molar-refractivity contribution is -0.138. The van der Waals surface area contributed by atoms with E-state index < -0.39 is 10.0 Å². The zero-order valence-corrected chi connectivity index (χ0v) is 21.0. The van der Waals surface area contributed by atoms with Gasteiger partial charge in [0.15, 0.2) is 0 Å². The van der Waals surface area contributed by atoms with Gasteiger partial charge in [-0.2, -0.15) is 4.31 Å². The van der Waals surface area contributed by atoms with Gasteiger partial charge in [-0.1, -0.05) is 49.4 Å². The Morgan fingerprint density at radius 2 is 1.46 bits per heavy atom. The van der Waals surface area contributed by atoms with E-state index in [2.05, 4.69) is 6.92 Å². The minimum Gasteiger partial charge on any atom is -0.339 e. The van der Waals surface area contributed by atoms with Crippen molar-refractivity contribution in [3.05, 3.63) is 76.7 Å². The lowest BCUT2D eigenvalue weighted by Crippen LogP contribution is -2.53. The standard InChI is InChI=1S/C27H33N3O4S/c1-2-22-8-10-24(11-9-22)26(31)28-17-19-29(20-18-28)27(32)25-12-15-30(16-13-25)35(33,34)21-14-23-6-4-3-5-7-23/h3-11,14,21,25H,2,12-13,15-20H2,1H3/b21-14+. The molecule has 2 saturated heterocycles. The van der Waals surface area contributed by atoms with E-state index in [0.29, 0.717) is 57.7 Å². The van der Waals surface area contributed by atoms with Crippen molar-refractivity contribution >= 4 is 27.9 Å². The van der Waals surface area contributed by atoms with Crippen molar-refractivity contribution in [2.45, 2.75) is 26.2 Å². The molecule has 2 amide bonds. The van der Waals surface area contributed by atoms with Crippen molar-refractivity contribution in [3.63, 3.8) is 0 Å². The first-order chi connectivity index (χ1) is 16.9. The van der Waals surface area contributed by atoms with Crippen LogP contribution < -0.4 is 0 Å². The van der Waals surface area contributed by atoms with Gasteiger partial charge in [0.2, 0.25) is 15.9 Å². The quantitative estimate of drug-likeness (QED) is 0.616. The number of aryl methyl sites for hydroxylation is 1. The molecule has 0 aliphatic carbocycles. The van der Waals surface area contributed by atoms with E-state index in [-0.39, 0.29) is 17.7 Å². The largest absolute Gasteiger partial charge is 0.339 e. The zero-order valence-electron chi connectivity index (χ0n) is 20.2. The molecule has 8 heteroatoms. The number of nitrogens with zero attached hydrogens (tertiary/aromatic N) is 3. The summed E-state index contributed by atoms with van der Waals surface area (Å²) < 4.78 is 26.8. The summed E-state index contributed by atoms with van der Waals surface area (Å²) in [4.78, 5) is 29.5. The summed E-state index contributed by atoms with van der Waals surface area (Å²) in [6.45, 7) is 4.80. The molecule has 2 aliphatic rings. The van der Waals surface area contributed by atoms with Crippen molar-refractivity contribution in [3.8, 4) is 0 Å².